The molecule has 4 aromatic rings. The van der Waals surface area contributed by atoms with Crippen molar-refractivity contribution in [3.63, 3.8) is 0 Å². The molecule has 302 valence electrons. The lowest BCUT2D eigenvalue weighted by Gasteiger charge is -2.44. The number of rotatable bonds is 22. The van der Waals surface area contributed by atoms with Gasteiger partial charge >= 0.3 is 0 Å². The maximum atomic E-state index is 7.50. The molecule has 0 spiro atoms. The van der Waals surface area contributed by atoms with Crippen LogP contribution in [0, 0.1) is 0 Å². The molecule has 5 rings (SSSR count). The van der Waals surface area contributed by atoms with Gasteiger partial charge in [0.15, 0.2) is 8.32 Å². The van der Waals surface area contributed by atoms with Crippen molar-refractivity contribution >= 4 is 27.0 Å². The van der Waals surface area contributed by atoms with E-state index in [-0.39, 0.29) is 29.5 Å². The van der Waals surface area contributed by atoms with Gasteiger partial charge in [0.2, 0.25) is 0 Å². The van der Waals surface area contributed by atoms with Gasteiger partial charge in [0.25, 0.3) is 8.32 Å². The fourth-order valence-corrected chi connectivity index (χ4v) is 15.5. The van der Waals surface area contributed by atoms with E-state index in [0.29, 0.717) is 26.4 Å². The molecular formula is C48H66O6Si2. The van der Waals surface area contributed by atoms with Crippen LogP contribution in [0.1, 0.15) is 71.9 Å². The minimum atomic E-state index is -2.75. The highest BCUT2D eigenvalue weighted by Gasteiger charge is 2.50. The lowest BCUT2D eigenvalue weighted by Crippen LogP contribution is -2.67. The Bertz CT molecular complexity index is 1660. The number of hydrogen-bond acceptors (Lipinski definition) is 6. The van der Waals surface area contributed by atoms with E-state index < -0.39 is 16.6 Å². The van der Waals surface area contributed by atoms with Gasteiger partial charge in [-0.3, -0.25) is 0 Å². The van der Waals surface area contributed by atoms with Crippen LogP contribution >= 0.6 is 0 Å². The smallest absolute Gasteiger partial charge is 0.261 e. The zero-order chi connectivity index (χ0) is 39.9. The third kappa shape index (κ3) is 11.6. The van der Waals surface area contributed by atoms with Crippen molar-refractivity contribution in [2.24, 2.45) is 0 Å². The molecule has 0 amide bonds. The second-order valence-electron chi connectivity index (χ2n) is 16.1. The first-order valence-electron chi connectivity index (χ1n) is 20.8. The summed E-state index contributed by atoms with van der Waals surface area (Å²) in [6, 6.07) is 43.4. The molecule has 4 atom stereocenters. The number of ether oxygens (including phenoxy) is 4. The highest BCUT2D eigenvalue weighted by atomic mass is 28.4. The number of benzene rings is 4. The van der Waals surface area contributed by atoms with E-state index in [9.17, 15) is 0 Å². The average Bonchev–Trinajstić information content (AvgIpc) is 3.70. The van der Waals surface area contributed by atoms with Crippen LogP contribution in [0.15, 0.2) is 127 Å². The van der Waals surface area contributed by atoms with Crippen molar-refractivity contribution in [3.05, 3.63) is 139 Å². The van der Waals surface area contributed by atoms with E-state index in [1.54, 1.807) is 7.11 Å². The summed E-state index contributed by atoms with van der Waals surface area (Å²) in [6.07, 6.45) is 6.70. The monoisotopic (exact) mass is 794 g/mol. The molecule has 4 aromatic carbocycles. The van der Waals surface area contributed by atoms with Gasteiger partial charge in [-0.05, 0) is 76.1 Å². The van der Waals surface area contributed by atoms with Gasteiger partial charge < -0.3 is 27.8 Å². The van der Waals surface area contributed by atoms with Gasteiger partial charge in [-0.15, -0.1) is 0 Å². The molecule has 1 heterocycles. The highest BCUT2D eigenvalue weighted by molar-refractivity contribution is 6.99. The molecule has 8 heteroatoms. The summed E-state index contributed by atoms with van der Waals surface area (Å²) in [5, 5.41) is 2.45. The predicted octanol–water partition coefficient (Wildman–Crippen LogP) is 10.3. The Balaban J connectivity index is 1.37. The van der Waals surface area contributed by atoms with Crippen LogP contribution in [0.25, 0.3) is 0 Å². The summed E-state index contributed by atoms with van der Waals surface area (Å²) in [4.78, 5) is 0. The summed E-state index contributed by atoms with van der Waals surface area (Å²) in [7, 11) is -3.04. The Morgan fingerprint density at radius 1 is 0.732 bits per heavy atom. The first-order chi connectivity index (χ1) is 27.1. The van der Waals surface area contributed by atoms with Crippen LogP contribution < -0.4 is 15.1 Å². The molecule has 0 saturated carbocycles. The van der Waals surface area contributed by atoms with Crippen LogP contribution in [-0.2, 0) is 36.3 Å². The highest BCUT2D eigenvalue weighted by Crippen LogP contribution is 2.37. The molecule has 0 N–H and O–H groups in total. The Hall–Kier alpha value is -3.35. The van der Waals surface area contributed by atoms with Gasteiger partial charge in [-0.25, -0.2) is 0 Å². The van der Waals surface area contributed by atoms with Crippen molar-refractivity contribution in [2.45, 2.75) is 122 Å². The van der Waals surface area contributed by atoms with Crippen molar-refractivity contribution in [2.75, 3.05) is 20.3 Å². The molecule has 1 aliphatic rings. The van der Waals surface area contributed by atoms with Gasteiger partial charge in [-0.1, -0.05) is 157 Å². The van der Waals surface area contributed by atoms with Crippen LogP contribution in [0.2, 0.25) is 23.2 Å². The second-order valence-corrected chi connectivity index (χ2v) is 25.1. The molecule has 1 fully saturated rings. The van der Waals surface area contributed by atoms with Crippen LogP contribution in [-0.4, -0.2) is 61.4 Å². The van der Waals surface area contributed by atoms with Gasteiger partial charge in [-0.2, -0.15) is 0 Å². The fraction of sp³-hybridized carbons (Fsp3) is 0.458. The molecule has 0 aromatic heterocycles. The first kappa shape index (κ1) is 43.8. The molecule has 6 nitrogen and oxygen atoms in total. The minimum absolute atomic E-state index is 0.0328. The van der Waals surface area contributed by atoms with E-state index >= 15 is 0 Å². The average molecular weight is 795 g/mol. The molecule has 0 aliphatic carbocycles. The van der Waals surface area contributed by atoms with Crippen molar-refractivity contribution < 1.29 is 27.8 Å². The number of hydrogen-bond donors (Lipinski definition) is 0. The summed E-state index contributed by atoms with van der Waals surface area (Å²) in [6.45, 7) is 16.1. The lowest BCUT2D eigenvalue weighted by atomic mass is 10.1. The van der Waals surface area contributed by atoms with E-state index in [2.05, 4.69) is 139 Å². The van der Waals surface area contributed by atoms with E-state index in [4.69, 9.17) is 27.8 Å². The summed E-state index contributed by atoms with van der Waals surface area (Å²) < 4.78 is 39.6. The molecule has 0 bridgehead atoms. The molecular weight excluding hydrogens is 729 g/mol. The SMILES string of the molecule is CC[Si](CC)(CC)O[C@@H](C/C=C\[C@@H](OCc1ccc(OC)cc1)[C@@H]1CC[C@@H](COCc2ccccc2)O1)CO[Si](c1ccccc1)(c1ccccc1)C(C)(C)C. The Kier molecular flexibility index (Phi) is 16.7. The Labute approximate surface area is 339 Å². The largest absolute Gasteiger partial charge is 0.497 e. The summed E-state index contributed by atoms with van der Waals surface area (Å²) >= 11 is 0. The molecule has 56 heavy (non-hydrogen) atoms. The Morgan fingerprint density at radius 2 is 1.30 bits per heavy atom. The summed E-state index contributed by atoms with van der Waals surface area (Å²) in [5.41, 5.74) is 2.26. The van der Waals surface area contributed by atoms with Crippen molar-refractivity contribution in [1.29, 1.82) is 0 Å². The van der Waals surface area contributed by atoms with E-state index in [1.165, 1.54) is 15.9 Å². The molecule has 1 saturated heterocycles. The molecule has 1 aliphatic heterocycles. The molecule has 0 radical (unpaired) electrons. The van der Waals surface area contributed by atoms with Gasteiger partial charge in [0.1, 0.15) is 11.9 Å². The fourth-order valence-electron chi connectivity index (χ4n) is 8.03. The standard InChI is InChI=1S/C48H66O6Si2/c1-8-55(9-2,10-3)54-43(38-52-56(48(4,5)6,44-24-16-12-17-25-44)45-26-18-13-19-27-45)23-20-28-46(51-36-40-29-31-41(49-7)32-30-40)47-34-33-42(53-47)37-50-35-39-21-14-11-15-22-39/h11-22,24-32,42-43,46-47H,8-10,23,33-38H2,1-7H3/b28-20-/t42-,43-,46+,47-/m0/s1. The molecule has 0 unspecified atom stereocenters. The maximum absolute atomic E-state index is 7.50. The van der Waals surface area contributed by atoms with E-state index in [1.807, 2.05) is 30.3 Å². The summed E-state index contributed by atoms with van der Waals surface area (Å²) in [5.74, 6) is 0.833. The third-order valence-corrected chi connectivity index (χ3v) is 21.2. The topological polar surface area (TPSA) is 55.4 Å². The van der Waals surface area contributed by atoms with Gasteiger partial charge in [0.05, 0.1) is 51.8 Å². The van der Waals surface area contributed by atoms with Crippen molar-refractivity contribution in [1.82, 2.24) is 0 Å². The zero-order valence-corrected chi connectivity index (χ0v) is 37.0. The van der Waals surface area contributed by atoms with Crippen LogP contribution in [0.3, 0.4) is 0 Å². The lowest BCUT2D eigenvalue weighted by molar-refractivity contribution is -0.0747. The van der Waals surface area contributed by atoms with Gasteiger partial charge in [0, 0.05) is 0 Å². The first-order valence-corrected chi connectivity index (χ1v) is 25.2. The number of methoxy groups -OCH3 is 1. The zero-order valence-electron chi connectivity index (χ0n) is 35.0. The van der Waals surface area contributed by atoms with Crippen LogP contribution in [0.4, 0.5) is 0 Å². The Morgan fingerprint density at radius 3 is 1.86 bits per heavy atom. The van der Waals surface area contributed by atoms with Crippen LogP contribution in [0.5, 0.6) is 5.75 Å². The quantitative estimate of drug-likeness (QED) is 0.0584. The maximum Gasteiger partial charge on any atom is 0.261 e. The second kappa shape index (κ2) is 21.4. The minimum Gasteiger partial charge on any atom is -0.497 e. The predicted molar refractivity (Wildman–Crippen MR) is 235 cm³/mol. The van der Waals surface area contributed by atoms with Crippen molar-refractivity contribution in [3.8, 4) is 5.75 Å². The van der Waals surface area contributed by atoms with E-state index in [0.717, 1.165) is 48.7 Å². The normalized spacial score (nSPS) is 17.6. The third-order valence-electron chi connectivity index (χ3n) is 11.5.